The minimum Gasteiger partial charge on any atom is -0.247 e. The number of halogens is 1. The van der Waals surface area contributed by atoms with E-state index in [9.17, 15) is 8.42 Å². The number of benzene rings is 2. The van der Waals surface area contributed by atoms with Gasteiger partial charge < -0.3 is 0 Å². The molecule has 1 N–H and O–H groups in total. The van der Waals surface area contributed by atoms with Gasteiger partial charge in [-0.1, -0.05) is 41.9 Å². The predicted molar refractivity (Wildman–Crippen MR) is 104 cm³/mol. The normalized spacial score (nSPS) is 11.4. The number of aryl methyl sites for hydroxylation is 3. The van der Waals surface area contributed by atoms with Gasteiger partial charge in [0.1, 0.15) is 5.15 Å². The lowest BCUT2D eigenvalue weighted by Gasteiger charge is -2.12. The summed E-state index contributed by atoms with van der Waals surface area (Å²) >= 11 is 6.12. The van der Waals surface area contributed by atoms with Crippen molar-refractivity contribution in [2.75, 3.05) is 4.72 Å². The highest BCUT2D eigenvalue weighted by Gasteiger charge is 2.18. The molecule has 3 aromatic rings. The van der Waals surface area contributed by atoms with Crippen molar-refractivity contribution in [2.45, 2.75) is 25.7 Å². The van der Waals surface area contributed by atoms with E-state index in [0.29, 0.717) is 5.69 Å². The Morgan fingerprint density at radius 2 is 1.58 bits per heavy atom. The van der Waals surface area contributed by atoms with E-state index in [1.807, 2.05) is 45.0 Å². The Hall–Kier alpha value is -2.44. The lowest BCUT2D eigenvalue weighted by molar-refractivity contribution is 0.600. The molecule has 0 radical (unpaired) electrons. The van der Waals surface area contributed by atoms with Crippen LogP contribution >= 0.6 is 11.6 Å². The minimum atomic E-state index is -3.81. The van der Waals surface area contributed by atoms with E-state index in [-0.39, 0.29) is 16.0 Å². The maximum absolute atomic E-state index is 12.6. The third kappa shape index (κ3) is 3.86. The first kappa shape index (κ1) is 18.4. The highest BCUT2D eigenvalue weighted by atomic mass is 35.5. The lowest BCUT2D eigenvalue weighted by atomic mass is 10.00. The van der Waals surface area contributed by atoms with Crippen LogP contribution in [0.3, 0.4) is 0 Å². The first-order valence-corrected chi connectivity index (χ1v) is 9.83. The monoisotopic (exact) mass is 387 g/mol. The van der Waals surface area contributed by atoms with Crippen LogP contribution in [0.1, 0.15) is 16.7 Å². The van der Waals surface area contributed by atoms with Crippen molar-refractivity contribution in [1.29, 1.82) is 0 Å². The molecule has 0 atom stereocenters. The topological polar surface area (TPSA) is 72.0 Å². The lowest BCUT2D eigenvalue weighted by Crippen LogP contribution is -2.15. The molecule has 5 nitrogen and oxygen atoms in total. The molecule has 7 heteroatoms. The zero-order chi connectivity index (χ0) is 18.9. The van der Waals surface area contributed by atoms with Crippen molar-refractivity contribution in [2.24, 2.45) is 0 Å². The van der Waals surface area contributed by atoms with E-state index in [1.165, 1.54) is 6.07 Å². The van der Waals surface area contributed by atoms with Crippen LogP contribution in [0.2, 0.25) is 5.15 Å². The summed E-state index contributed by atoms with van der Waals surface area (Å²) < 4.78 is 27.6. The molecular formula is C19H18ClN3O2S. The van der Waals surface area contributed by atoms with E-state index in [2.05, 4.69) is 14.7 Å². The van der Waals surface area contributed by atoms with Gasteiger partial charge in [0.25, 0.3) is 10.0 Å². The molecule has 0 aliphatic carbocycles. The van der Waals surface area contributed by atoms with Crippen molar-refractivity contribution < 1.29 is 8.42 Å². The number of aromatic nitrogens is 2. The van der Waals surface area contributed by atoms with Gasteiger partial charge in [0.2, 0.25) is 5.95 Å². The fraction of sp³-hybridized carbons (Fsp3) is 0.158. The van der Waals surface area contributed by atoms with Gasteiger partial charge in [-0.25, -0.2) is 23.1 Å². The highest BCUT2D eigenvalue weighted by molar-refractivity contribution is 7.92. The summed E-state index contributed by atoms with van der Waals surface area (Å²) in [5.41, 5.74) is 4.37. The molecule has 1 heterocycles. The summed E-state index contributed by atoms with van der Waals surface area (Å²) in [4.78, 5) is 8.54. The van der Waals surface area contributed by atoms with Gasteiger partial charge in [0, 0.05) is 11.6 Å². The Bertz CT molecular complexity index is 1060. The molecule has 0 aliphatic rings. The van der Waals surface area contributed by atoms with Gasteiger partial charge in [0.15, 0.2) is 0 Å². The second-order valence-corrected chi connectivity index (χ2v) is 8.16. The molecule has 0 saturated heterocycles. The first-order chi connectivity index (χ1) is 12.3. The van der Waals surface area contributed by atoms with E-state index in [0.717, 1.165) is 22.3 Å². The summed E-state index contributed by atoms with van der Waals surface area (Å²) in [6, 6.07) is 14.1. The SMILES string of the molecule is Cc1cccc(S(=O)(=O)Nc2nc(Cl)cc(-c3c(C)cccc3C)n2)c1. The fourth-order valence-electron chi connectivity index (χ4n) is 2.77. The standard InChI is InChI=1S/C19H18ClN3O2S/c1-12-6-4-9-15(10-12)26(24,25)23-19-21-16(11-17(20)22-19)18-13(2)7-5-8-14(18)3/h4-11H,1-3H3,(H,21,22,23). The Morgan fingerprint density at radius 3 is 2.23 bits per heavy atom. The van der Waals surface area contributed by atoms with Crippen LogP contribution in [0.25, 0.3) is 11.3 Å². The second-order valence-electron chi connectivity index (χ2n) is 6.09. The van der Waals surface area contributed by atoms with Crippen LogP contribution in [-0.2, 0) is 10.0 Å². The van der Waals surface area contributed by atoms with Crippen molar-refractivity contribution >= 4 is 27.6 Å². The molecule has 1 aromatic heterocycles. The van der Waals surface area contributed by atoms with E-state index < -0.39 is 10.0 Å². The summed E-state index contributed by atoms with van der Waals surface area (Å²) in [6.45, 7) is 5.76. The van der Waals surface area contributed by atoms with Gasteiger partial charge in [-0.05, 0) is 49.6 Å². The quantitative estimate of drug-likeness (QED) is 0.668. The third-order valence-corrected chi connectivity index (χ3v) is 5.48. The Labute approximate surface area is 158 Å². The minimum absolute atomic E-state index is 0.0586. The Kier molecular flexibility index (Phi) is 4.98. The summed E-state index contributed by atoms with van der Waals surface area (Å²) in [5, 5.41) is 0.166. The molecule has 0 fully saturated rings. The number of sulfonamides is 1. The van der Waals surface area contributed by atoms with Crippen molar-refractivity contribution in [1.82, 2.24) is 9.97 Å². The van der Waals surface area contributed by atoms with E-state index >= 15 is 0 Å². The third-order valence-electron chi connectivity index (χ3n) is 3.96. The highest BCUT2D eigenvalue weighted by Crippen LogP contribution is 2.28. The van der Waals surface area contributed by atoms with Crippen molar-refractivity contribution in [3.63, 3.8) is 0 Å². The first-order valence-electron chi connectivity index (χ1n) is 7.97. The Morgan fingerprint density at radius 1 is 0.923 bits per heavy atom. The van der Waals surface area contributed by atoms with Gasteiger partial charge in [-0.2, -0.15) is 0 Å². The maximum Gasteiger partial charge on any atom is 0.264 e. The van der Waals surface area contributed by atoms with E-state index in [1.54, 1.807) is 18.2 Å². The molecule has 0 unspecified atom stereocenters. The van der Waals surface area contributed by atoms with Crippen molar-refractivity contribution in [3.05, 3.63) is 70.4 Å². The van der Waals surface area contributed by atoms with Gasteiger partial charge in [0.05, 0.1) is 10.6 Å². The van der Waals surface area contributed by atoms with Crippen LogP contribution < -0.4 is 4.72 Å². The summed E-state index contributed by atoms with van der Waals surface area (Å²) in [6.07, 6.45) is 0. The van der Waals surface area contributed by atoms with Crippen LogP contribution in [0, 0.1) is 20.8 Å². The Balaban J connectivity index is 2.04. The molecule has 0 aliphatic heterocycles. The van der Waals surface area contributed by atoms with Crippen LogP contribution in [-0.4, -0.2) is 18.4 Å². The molecular weight excluding hydrogens is 370 g/mol. The number of rotatable bonds is 4. The summed E-state index contributed by atoms with van der Waals surface area (Å²) in [5.74, 6) is -0.0586. The van der Waals surface area contributed by atoms with Crippen LogP contribution in [0.5, 0.6) is 0 Å². The number of hydrogen-bond acceptors (Lipinski definition) is 4. The molecule has 0 saturated carbocycles. The number of nitrogens with zero attached hydrogens (tertiary/aromatic N) is 2. The second kappa shape index (κ2) is 7.05. The predicted octanol–water partition coefficient (Wildman–Crippen LogP) is 4.52. The molecule has 134 valence electrons. The van der Waals surface area contributed by atoms with Crippen LogP contribution in [0.15, 0.2) is 53.4 Å². The number of anilines is 1. The van der Waals surface area contributed by atoms with Gasteiger partial charge >= 0.3 is 0 Å². The molecule has 3 rings (SSSR count). The molecule has 2 aromatic carbocycles. The maximum atomic E-state index is 12.6. The largest absolute Gasteiger partial charge is 0.264 e. The summed E-state index contributed by atoms with van der Waals surface area (Å²) in [7, 11) is -3.81. The van der Waals surface area contributed by atoms with Gasteiger partial charge in [-0.3, -0.25) is 0 Å². The zero-order valence-corrected chi connectivity index (χ0v) is 16.2. The molecule has 0 bridgehead atoms. The molecule has 26 heavy (non-hydrogen) atoms. The smallest absolute Gasteiger partial charge is 0.247 e. The zero-order valence-electron chi connectivity index (χ0n) is 14.6. The fourth-order valence-corrected chi connectivity index (χ4v) is 4.00. The van der Waals surface area contributed by atoms with Crippen LogP contribution in [0.4, 0.5) is 5.95 Å². The number of hydrogen-bond donors (Lipinski definition) is 1. The number of nitrogens with one attached hydrogen (secondary N) is 1. The van der Waals surface area contributed by atoms with Gasteiger partial charge in [-0.15, -0.1) is 0 Å². The van der Waals surface area contributed by atoms with Crippen molar-refractivity contribution in [3.8, 4) is 11.3 Å². The molecule has 0 amide bonds. The van der Waals surface area contributed by atoms with E-state index in [4.69, 9.17) is 11.6 Å². The average molecular weight is 388 g/mol. The average Bonchev–Trinajstić information content (AvgIpc) is 2.53. The molecule has 0 spiro atoms.